The molecule has 1 unspecified atom stereocenters. The fraction of sp³-hybridized carbons (Fsp3) is 0.455. The molecule has 5 nitrogen and oxygen atoms in total. The summed E-state index contributed by atoms with van der Waals surface area (Å²) in [6.45, 7) is 5.08. The van der Waals surface area contributed by atoms with Crippen molar-refractivity contribution in [2.45, 2.75) is 56.9 Å². The first-order chi connectivity index (χ1) is 18.3. The fourth-order valence-corrected chi connectivity index (χ4v) is 7.40. The fourth-order valence-electron chi connectivity index (χ4n) is 7.40. The van der Waals surface area contributed by atoms with E-state index in [1.807, 2.05) is 42.5 Å². The van der Waals surface area contributed by atoms with Gasteiger partial charge in [-0.05, 0) is 72.7 Å². The number of likely N-dealkylation sites (tertiary alicyclic amines) is 1. The molecule has 1 N–H and O–H groups in total. The Kier molecular flexibility index (Phi) is 6.51. The number of ether oxygens (including phenoxy) is 1. The lowest BCUT2D eigenvalue weighted by atomic mass is 9.57. The van der Waals surface area contributed by atoms with E-state index in [2.05, 4.69) is 36.6 Å². The lowest BCUT2D eigenvalue weighted by Gasteiger charge is -2.55. The Balaban J connectivity index is 1.26. The first kappa shape index (κ1) is 25.1. The summed E-state index contributed by atoms with van der Waals surface area (Å²) in [7, 11) is 2.45. The van der Waals surface area contributed by atoms with Crippen molar-refractivity contribution < 1.29 is 18.8 Å². The topological polar surface area (TPSA) is 55.4 Å². The number of nitrogens with one attached hydrogen (secondary N) is 1. The van der Waals surface area contributed by atoms with Crippen LogP contribution in [0.4, 0.5) is 0 Å². The van der Waals surface area contributed by atoms with Crippen LogP contribution in [0.3, 0.4) is 0 Å². The van der Waals surface area contributed by atoms with Crippen LogP contribution in [-0.4, -0.2) is 49.1 Å². The summed E-state index contributed by atoms with van der Waals surface area (Å²) in [5.41, 5.74) is 1.94. The van der Waals surface area contributed by atoms with Crippen LogP contribution in [0, 0.1) is 11.8 Å². The predicted octanol–water partition coefficient (Wildman–Crippen LogP) is 5.86. The zero-order chi connectivity index (χ0) is 26.3. The molecular weight excluding hydrogens is 472 g/mol. The third-order valence-corrected chi connectivity index (χ3v) is 9.43. The van der Waals surface area contributed by atoms with E-state index in [1.165, 1.54) is 38.4 Å². The van der Waals surface area contributed by atoms with Gasteiger partial charge in [0.1, 0.15) is 5.75 Å². The van der Waals surface area contributed by atoms with Crippen molar-refractivity contribution in [3.05, 3.63) is 77.9 Å². The molecule has 1 aliphatic heterocycles. The molecule has 5 heteroatoms. The van der Waals surface area contributed by atoms with Gasteiger partial charge in [-0.3, -0.25) is 9.59 Å². The number of benzene rings is 3. The van der Waals surface area contributed by atoms with Crippen molar-refractivity contribution in [1.82, 2.24) is 5.32 Å². The van der Waals surface area contributed by atoms with Gasteiger partial charge in [0.15, 0.2) is 0 Å². The Morgan fingerprint density at radius 3 is 2.58 bits per heavy atom. The highest BCUT2D eigenvalue weighted by Gasteiger charge is 2.53. The molecule has 0 radical (unpaired) electrons. The summed E-state index contributed by atoms with van der Waals surface area (Å²) >= 11 is 0. The molecule has 0 spiro atoms. The smallest absolute Gasteiger partial charge is 0.308 e. The van der Waals surface area contributed by atoms with Gasteiger partial charge in [0.05, 0.1) is 26.7 Å². The molecule has 38 heavy (non-hydrogen) atoms. The molecule has 1 heterocycles. The van der Waals surface area contributed by atoms with Gasteiger partial charge in [-0.15, -0.1) is 0 Å². The Labute approximate surface area is 225 Å². The van der Waals surface area contributed by atoms with Crippen molar-refractivity contribution in [2.75, 3.05) is 26.7 Å². The van der Waals surface area contributed by atoms with Crippen molar-refractivity contribution in [3.63, 3.8) is 0 Å². The van der Waals surface area contributed by atoms with E-state index in [0.717, 1.165) is 53.4 Å². The molecule has 198 valence electrons. The van der Waals surface area contributed by atoms with E-state index < -0.39 is 0 Å². The number of piperidine rings is 1. The number of esters is 1. The van der Waals surface area contributed by atoms with Gasteiger partial charge in [0, 0.05) is 42.2 Å². The molecule has 0 aromatic heterocycles. The van der Waals surface area contributed by atoms with Gasteiger partial charge in [0.25, 0.3) is 5.91 Å². The Hall–Kier alpha value is -3.18. The second kappa shape index (κ2) is 9.85. The first-order valence-electron chi connectivity index (χ1n) is 14.2. The number of amides is 1. The SMILES string of the molecule is CC(=O)Oc1cccc([C@@]23CC[N@+](C)(CC4CC4)CC2CC[C@H](NC(=O)c2ccc4ccccc4c2)C3)c1. The lowest BCUT2D eigenvalue weighted by Crippen LogP contribution is -2.62. The number of carbonyl (C=O) groups is 2. The summed E-state index contributed by atoms with van der Waals surface area (Å²) in [4.78, 5) is 25.1. The molecular formula is C33H39N2O3+. The molecule has 2 aliphatic carbocycles. The minimum atomic E-state index is -0.294. The highest BCUT2D eigenvalue weighted by molar-refractivity contribution is 5.98. The van der Waals surface area contributed by atoms with Crippen LogP contribution in [0.15, 0.2) is 66.7 Å². The zero-order valence-electron chi connectivity index (χ0n) is 22.6. The van der Waals surface area contributed by atoms with Crippen LogP contribution in [0.1, 0.15) is 61.4 Å². The van der Waals surface area contributed by atoms with Crippen LogP contribution in [0.25, 0.3) is 10.8 Å². The average Bonchev–Trinajstić information content (AvgIpc) is 3.72. The van der Waals surface area contributed by atoms with Gasteiger partial charge in [0.2, 0.25) is 0 Å². The quantitative estimate of drug-likeness (QED) is 0.256. The Bertz CT molecular complexity index is 1370. The van der Waals surface area contributed by atoms with E-state index in [1.54, 1.807) is 0 Å². The molecule has 2 saturated carbocycles. The molecule has 4 atom stereocenters. The highest BCUT2D eigenvalue weighted by atomic mass is 16.5. The summed E-state index contributed by atoms with van der Waals surface area (Å²) in [6, 6.07) is 22.4. The standard InChI is InChI=1S/C33H38N2O3/c1-23(36)38-31-9-5-8-28(19-31)33-16-17-35(2,21-24-10-11-24)22-29(33)14-15-30(20-33)34-32(37)27-13-12-25-6-3-4-7-26(25)18-27/h3-9,12-13,18-19,24,29-30H,10-11,14-17,20-22H2,1-2H3/p+1/t29?,30-,33-,35+/m0/s1. The molecule has 1 saturated heterocycles. The minimum Gasteiger partial charge on any atom is -0.427 e. The third kappa shape index (κ3) is 5.09. The number of fused-ring (bicyclic) bond motifs is 2. The van der Waals surface area contributed by atoms with Gasteiger partial charge in [-0.25, -0.2) is 0 Å². The summed E-state index contributed by atoms with van der Waals surface area (Å²) in [5, 5.41) is 5.64. The maximum absolute atomic E-state index is 13.4. The van der Waals surface area contributed by atoms with Gasteiger partial charge < -0.3 is 14.5 Å². The van der Waals surface area contributed by atoms with Crippen LogP contribution in [0.5, 0.6) is 5.75 Å². The number of rotatable bonds is 6. The van der Waals surface area contributed by atoms with Crippen LogP contribution < -0.4 is 10.1 Å². The highest BCUT2D eigenvalue weighted by Crippen LogP contribution is 2.51. The summed E-state index contributed by atoms with van der Waals surface area (Å²) in [5.74, 6) is 1.77. The molecule has 6 rings (SSSR count). The molecule has 0 bridgehead atoms. The Morgan fingerprint density at radius 1 is 0.974 bits per heavy atom. The van der Waals surface area contributed by atoms with Crippen molar-refractivity contribution in [2.24, 2.45) is 11.8 Å². The lowest BCUT2D eigenvalue weighted by molar-refractivity contribution is -0.921. The van der Waals surface area contributed by atoms with E-state index in [4.69, 9.17) is 4.74 Å². The molecule has 1 amide bonds. The number of hydrogen-bond acceptors (Lipinski definition) is 3. The number of hydrogen-bond donors (Lipinski definition) is 1. The van der Waals surface area contributed by atoms with Gasteiger partial charge in [-0.1, -0.05) is 42.5 Å². The largest absolute Gasteiger partial charge is 0.427 e. The van der Waals surface area contributed by atoms with E-state index in [0.29, 0.717) is 17.2 Å². The zero-order valence-corrected chi connectivity index (χ0v) is 22.6. The van der Waals surface area contributed by atoms with Crippen LogP contribution >= 0.6 is 0 Å². The van der Waals surface area contributed by atoms with Crippen molar-refractivity contribution >= 4 is 22.6 Å². The summed E-state index contributed by atoms with van der Waals surface area (Å²) in [6.07, 6.45) is 6.88. The van der Waals surface area contributed by atoms with Gasteiger partial charge in [-0.2, -0.15) is 0 Å². The predicted molar refractivity (Wildman–Crippen MR) is 150 cm³/mol. The van der Waals surface area contributed by atoms with Crippen LogP contribution in [-0.2, 0) is 10.2 Å². The van der Waals surface area contributed by atoms with E-state index in [9.17, 15) is 9.59 Å². The van der Waals surface area contributed by atoms with Gasteiger partial charge >= 0.3 is 5.97 Å². The van der Waals surface area contributed by atoms with E-state index >= 15 is 0 Å². The molecule has 3 fully saturated rings. The van der Waals surface area contributed by atoms with Crippen LogP contribution in [0.2, 0.25) is 0 Å². The maximum atomic E-state index is 13.4. The van der Waals surface area contributed by atoms with Crippen molar-refractivity contribution in [1.29, 1.82) is 0 Å². The number of quaternary nitrogens is 1. The second-order valence-electron chi connectivity index (χ2n) is 12.4. The normalized spacial score (nSPS) is 28.9. The van der Waals surface area contributed by atoms with Crippen molar-refractivity contribution in [3.8, 4) is 5.75 Å². The molecule has 3 aliphatic rings. The third-order valence-electron chi connectivity index (χ3n) is 9.43. The Morgan fingerprint density at radius 2 is 1.79 bits per heavy atom. The maximum Gasteiger partial charge on any atom is 0.308 e. The minimum absolute atomic E-state index is 0.00757. The van der Waals surface area contributed by atoms with E-state index in [-0.39, 0.29) is 23.3 Å². The number of carbonyl (C=O) groups excluding carboxylic acids is 2. The molecule has 3 aromatic rings. The second-order valence-corrected chi connectivity index (χ2v) is 12.4. The monoisotopic (exact) mass is 511 g/mol. The first-order valence-corrected chi connectivity index (χ1v) is 14.2. The molecule has 3 aromatic carbocycles. The number of nitrogens with zero attached hydrogens (tertiary/aromatic N) is 1. The average molecular weight is 512 g/mol. The summed E-state index contributed by atoms with van der Waals surface area (Å²) < 4.78 is 6.66.